The maximum absolute atomic E-state index is 2.47. The number of aromatic nitrogens is 1. The van der Waals surface area contributed by atoms with Crippen molar-refractivity contribution in [2.45, 2.75) is 19.3 Å². The molecule has 12 rings (SSSR count). The zero-order valence-corrected chi connectivity index (χ0v) is 34.2. The third-order valence-electron chi connectivity index (χ3n) is 12.8. The topological polar surface area (TPSA) is 8.17 Å². The van der Waals surface area contributed by atoms with Gasteiger partial charge in [0.1, 0.15) is 0 Å². The first kappa shape index (κ1) is 34.8. The van der Waals surface area contributed by atoms with E-state index in [1.54, 1.807) is 0 Å². The number of thiophene rings is 1. The summed E-state index contributed by atoms with van der Waals surface area (Å²) in [6.45, 7) is 4.75. The average molecular weight is 785 g/mol. The van der Waals surface area contributed by atoms with Crippen molar-refractivity contribution in [2.75, 3.05) is 4.90 Å². The molecule has 0 saturated heterocycles. The molecule has 0 radical (unpaired) electrons. The monoisotopic (exact) mass is 784 g/mol. The first-order valence-corrected chi connectivity index (χ1v) is 21.6. The first-order chi connectivity index (χ1) is 29.5. The van der Waals surface area contributed by atoms with Crippen molar-refractivity contribution >= 4 is 70.4 Å². The number of anilines is 3. The van der Waals surface area contributed by atoms with Gasteiger partial charge in [0, 0.05) is 53.4 Å². The summed E-state index contributed by atoms with van der Waals surface area (Å²) in [4.78, 5) is 2.47. The molecule has 3 heteroatoms. The Kier molecular flexibility index (Phi) is 7.79. The molecule has 1 aliphatic carbocycles. The van der Waals surface area contributed by atoms with Crippen LogP contribution in [-0.2, 0) is 5.41 Å². The van der Waals surface area contributed by atoms with Crippen molar-refractivity contribution in [1.29, 1.82) is 0 Å². The SMILES string of the molecule is CC1(C)c2ccccc2-c2cccc(N(c3ccc(-c4ccc5sc6ccccc6c5c4)cc3)c3ccc(-c4cccc5c4c4ccccc4n5-c4ccccc4)cc3)c21. The average Bonchev–Trinajstić information content (AvgIpc) is 3.93. The molecule has 0 fully saturated rings. The molecular weight excluding hydrogens is 745 g/mol. The summed E-state index contributed by atoms with van der Waals surface area (Å²) in [6.07, 6.45) is 0. The zero-order valence-electron chi connectivity index (χ0n) is 33.4. The van der Waals surface area contributed by atoms with Crippen molar-refractivity contribution in [2.24, 2.45) is 0 Å². The zero-order chi connectivity index (χ0) is 40.0. The van der Waals surface area contributed by atoms with Crippen LogP contribution in [0.5, 0.6) is 0 Å². The predicted molar refractivity (Wildman–Crippen MR) is 257 cm³/mol. The Morgan fingerprint density at radius 3 is 1.85 bits per heavy atom. The second kappa shape index (κ2) is 13.4. The number of nitrogens with zero attached hydrogens (tertiary/aromatic N) is 2. The van der Waals surface area contributed by atoms with Crippen molar-refractivity contribution in [3.63, 3.8) is 0 Å². The third-order valence-corrected chi connectivity index (χ3v) is 13.9. The fraction of sp³-hybridized carbons (Fsp3) is 0.0526. The van der Waals surface area contributed by atoms with Gasteiger partial charge in [-0.05, 0) is 117 Å². The quantitative estimate of drug-likeness (QED) is 0.163. The van der Waals surface area contributed by atoms with E-state index in [2.05, 4.69) is 230 Å². The molecule has 0 N–H and O–H groups in total. The smallest absolute Gasteiger partial charge is 0.0547 e. The number of rotatable bonds is 6. The summed E-state index contributed by atoms with van der Waals surface area (Å²) in [7, 11) is 0. The Morgan fingerprint density at radius 2 is 1.03 bits per heavy atom. The van der Waals surface area contributed by atoms with E-state index in [4.69, 9.17) is 0 Å². The van der Waals surface area contributed by atoms with Gasteiger partial charge in [-0.1, -0.05) is 147 Å². The second-order valence-corrected chi connectivity index (χ2v) is 17.6. The van der Waals surface area contributed by atoms with Crippen LogP contribution in [-0.4, -0.2) is 4.57 Å². The highest BCUT2D eigenvalue weighted by atomic mass is 32.1. The van der Waals surface area contributed by atoms with E-state index < -0.39 is 0 Å². The largest absolute Gasteiger partial charge is 0.310 e. The minimum atomic E-state index is -0.179. The van der Waals surface area contributed by atoms with Crippen LogP contribution >= 0.6 is 11.3 Å². The molecule has 2 heterocycles. The van der Waals surface area contributed by atoms with Crippen molar-refractivity contribution in [1.82, 2.24) is 4.57 Å². The summed E-state index contributed by atoms with van der Waals surface area (Å²) < 4.78 is 5.05. The van der Waals surface area contributed by atoms with Crippen LogP contribution in [0.15, 0.2) is 206 Å². The van der Waals surface area contributed by atoms with E-state index >= 15 is 0 Å². The van der Waals surface area contributed by atoms with Gasteiger partial charge in [-0.2, -0.15) is 0 Å². The molecule has 0 atom stereocenters. The summed E-state index contributed by atoms with van der Waals surface area (Å²) in [5.41, 5.74) is 17.1. The molecule has 0 amide bonds. The summed E-state index contributed by atoms with van der Waals surface area (Å²) >= 11 is 1.86. The molecule has 0 unspecified atom stereocenters. The van der Waals surface area contributed by atoms with Gasteiger partial charge < -0.3 is 9.47 Å². The lowest BCUT2D eigenvalue weighted by molar-refractivity contribution is 0.661. The van der Waals surface area contributed by atoms with Gasteiger partial charge in [0.2, 0.25) is 0 Å². The standard InChI is InChI=1S/C57H40N2S/c1-57(2)49-21-9-6-16-44(49)46-20-13-24-52(56(46)57)58(41-31-26-37(27-32-41)39-30-35-54-48(36-39)45-17-8-11-25-53(45)60-54)42-33-28-38(29-34-42)43-19-12-23-51-55(43)47-18-7-10-22-50(47)59(51)40-14-4-3-5-15-40/h3-36H,1-2H3. The highest BCUT2D eigenvalue weighted by Crippen LogP contribution is 2.54. The van der Waals surface area contributed by atoms with Gasteiger partial charge in [-0.25, -0.2) is 0 Å². The molecule has 0 saturated carbocycles. The Balaban J connectivity index is 1.00. The van der Waals surface area contributed by atoms with E-state index in [9.17, 15) is 0 Å². The Bertz CT molecular complexity index is 3440. The molecular formula is C57H40N2S. The van der Waals surface area contributed by atoms with Crippen LogP contribution < -0.4 is 4.90 Å². The summed E-state index contributed by atoms with van der Waals surface area (Å²) in [6, 6.07) is 76.0. The molecule has 0 bridgehead atoms. The fourth-order valence-electron chi connectivity index (χ4n) is 10.0. The number of benzene rings is 9. The van der Waals surface area contributed by atoms with E-state index in [-0.39, 0.29) is 5.41 Å². The highest BCUT2D eigenvalue weighted by Gasteiger charge is 2.38. The lowest BCUT2D eigenvalue weighted by Gasteiger charge is -2.32. The normalized spacial score (nSPS) is 13.0. The van der Waals surface area contributed by atoms with Gasteiger partial charge in [0.15, 0.2) is 0 Å². The van der Waals surface area contributed by atoms with Gasteiger partial charge in [0.25, 0.3) is 0 Å². The predicted octanol–water partition coefficient (Wildman–Crippen LogP) is 16.3. The van der Waals surface area contributed by atoms with Crippen LogP contribution in [0.2, 0.25) is 0 Å². The van der Waals surface area contributed by atoms with Crippen LogP contribution in [0.1, 0.15) is 25.0 Å². The maximum Gasteiger partial charge on any atom is 0.0547 e. The molecule has 1 aliphatic rings. The summed E-state index contributed by atoms with van der Waals surface area (Å²) in [5.74, 6) is 0. The number of hydrogen-bond donors (Lipinski definition) is 0. The molecule has 60 heavy (non-hydrogen) atoms. The Labute approximate surface area is 353 Å². The minimum Gasteiger partial charge on any atom is -0.310 e. The Morgan fingerprint density at radius 1 is 0.433 bits per heavy atom. The molecule has 9 aromatic carbocycles. The van der Waals surface area contributed by atoms with Crippen LogP contribution in [0.3, 0.4) is 0 Å². The molecule has 2 nitrogen and oxygen atoms in total. The van der Waals surface area contributed by atoms with Gasteiger partial charge >= 0.3 is 0 Å². The highest BCUT2D eigenvalue weighted by molar-refractivity contribution is 7.25. The van der Waals surface area contributed by atoms with E-state index in [1.807, 2.05) is 11.3 Å². The van der Waals surface area contributed by atoms with Crippen LogP contribution in [0, 0.1) is 0 Å². The fourth-order valence-corrected chi connectivity index (χ4v) is 11.1. The number of para-hydroxylation sites is 2. The first-order valence-electron chi connectivity index (χ1n) is 20.8. The lowest BCUT2D eigenvalue weighted by Crippen LogP contribution is -2.20. The molecule has 2 aromatic heterocycles. The van der Waals surface area contributed by atoms with Crippen molar-refractivity contribution in [3.05, 3.63) is 217 Å². The van der Waals surface area contributed by atoms with Gasteiger partial charge in [0.05, 0.1) is 16.7 Å². The minimum absolute atomic E-state index is 0.179. The number of fused-ring (bicyclic) bond motifs is 9. The lowest BCUT2D eigenvalue weighted by atomic mass is 9.81. The van der Waals surface area contributed by atoms with Gasteiger partial charge in [-0.15, -0.1) is 11.3 Å². The van der Waals surface area contributed by atoms with Crippen LogP contribution in [0.25, 0.3) is 81.0 Å². The van der Waals surface area contributed by atoms with E-state index in [1.165, 1.54) is 97.9 Å². The van der Waals surface area contributed by atoms with Gasteiger partial charge in [-0.3, -0.25) is 0 Å². The number of hydrogen-bond acceptors (Lipinski definition) is 2. The second-order valence-electron chi connectivity index (χ2n) is 16.5. The molecule has 284 valence electrons. The molecule has 11 aromatic rings. The third kappa shape index (κ3) is 5.26. The van der Waals surface area contributed by atoms with Crippen molar-refractivity contribution in [3.8, 4) is 39.1 Å². The van der Waals surface area contributed by atoms with Crippen LogP contribution in [0.4, 0.5) is 17.1 Å². The van der Waals surface area contributed by atoms with E-state index in [0.717, 1.165) is 11.4 Å². The molecule has 0 aliphatic heterocycles. The van der Waals surface area contributed by atoms with Crippen molar-refractivity contribution < 1.29 is 0 Å². The Hall–Kier alpha value is -7.20. The summed E-state index contributed by atoms with van der Waals surface area (Å²) in [5, 5.41) is 5.17. The maximum atomic E-state index is 2.47. The molecule has 0 spiro atoms. The van der Waals surface area contributed by atoms with E-state index in [0.29, 0.717) is 0 Å².